The Labute approximate surface area is 127 Å². The highest BCUT2D eigenvalue weighted by Gasteiger charge is 2.31. The molecule has 1 N–H and O–H groups in total. The van der Waals surface area contributed by atoms with Gasteiger partial charge in [0.1, 0.15) is 5.75 Å². The van der Waals surface area contributed by atoms with Crippen LogP contribution in [0, 0.1) is 0 Å². The van der Waals surface area contributed by atoms with E-state index in [2.05, 4.69) is 10.1 Å². The Hall–Kier alpha value is -2.57. The van der Waals surface area contributed by atoms with Gasteiger partial charge in [0.05, 0.1) is 0 Å². The van der Waals surface area contributed by atoms with Crippen molar-refractivity contribution in [3.63, 3.8) is 0 Å². The Bertz CT molecular complexity index is 600. The molecule has 22 heavy (non-hydrogen) atoms. The molecule has 2 heterocycles. The van der Waals surface area contributed by atoms with E-state index in [1.807, 2.05) is 24.3 Å². The number of nitrogens with zero attached hydrogens (tertiary/aromatic N) is 1. The van der Waals surface area contributed by atoms with Crippen molar-refractivity contribution in [3.05, 3.63) is 29.8 Å². The number of hydrogen-bond donors (Lipinski definition) is 1. The van der Waals surface area contributed by atoms with E-state index in [0.29, 0.717) is 6.42 Å². The van der Waals surface area contributed by atoms with Crippen LogP contribution in [-0.4, -0.2) is 48.6 Å². The van der Waals surface area contributed by atoms with Crippen LogP contribution >= 0.6 is 0 Å². The van der Waals surface area contributed by atoms with Gasteiger partial charge in [0, 0.05) is 13.1 Å². The Kier molecular flexibility index (Phi) is 3.95. The quantitative estimate of drug-likeness (QED) is 0.874. The topological polar surface area (TPSA) is 84.9 Å². The maximum atomic E-state index is 12.1. The van der Waals surface area contributed by atoms with E-state index in [-0.39, 0.29) is 31.5 Å². The number of aryl methyl sites for hydroxylation is 1. The predicted octanol–water partition coefficient (Wildman–Crippen LogP) is 0.475. The van der Waals surface area contributed by atoms with Crippen molar-refractivity contribution in [1.29, 1.82) is 0 Å². The second kappa shape index (κ2) is 6.05. The lowest BCUT2D eigenvalue weighted by atomic mass is 10.0. The Balaban J connectivity index is 1.49. The summed E-state index contributed by atoms with van der Waals surface area (Å²) < 4.78 is 10.3. The summed E-state index contributed by atoms with van der Waals surface area (Å²) >= 11 is 0. The number of hydrogen-bond acceptors (Lipinski definition) is 5. The average Bonchev–Trinajstić information content (AvgIpc) is 2.86. The maximum Gasteiger partial charge on any atom is 0.417 e. The van der Waals surface area contributed by atoms with Gasteiger partial charge >= 0.3 is 6.09 Å². The van der Waals surface area contributed by atoms with Crippen LogP contribution in [0.5, 0.6) is 5.75 Å². The molecular weight excluding hydrogens is 288 g/mol. The minimum absolute atomic E-state index is 0.104. The third-order valence-electron chi connectivity index (χ3n) is 3.69. The Morgan fingerprint density at radius 2 is 2.14 bits per heavy atom. The van der Waals surface area contributed by atoms with E-state index >= 15 is 0 Å². The van der Waals surface area contributed by atoms with E-state index in [9.17, 15) is 14.4 Å². The first kappa shape index (κ1) is 14.4. The minimum atomic E-state index is -0.665. The molecule has 7 heteroatoms. The average molecular weight is 304 g/mol. The number of carbonyl (C=O) groups excluding carboxylic acids is 3. The van der Waals surface area contributed by atoms with Gasteiger partial charge in [-0.25, -0.2) is 9.69 Å². The molecule has 0 aromatic heterocycles. The van der Waals surface area contributed by atoms with Gasteiger partial charge in [-0.05, 0) is 24.5 Å². The summed E-state index contributed by atoms with van der Waals surface area (Å²) in [6.07, 6.45) is 0.178. The molecule has 0 unspecified atom stereocenters. The molecule has 1 saturated heterocycles. The fourth-order valence-electron chi connectivity index (χ4n) is 2.51. The van der Waals surface area contributed by atoms with Crippen LogP contribution in [0.15, 0.2) is 24.3 Å². The maximum absolute atomic E-state index is 12.1. The second-order valence-electron chi connectivity index (χ2n) is 5.14. The molecule has 2 aliphatic rings. The van der Waals surface area contributed by atoms with Gasteiger partial charge in [0.25, 0.3) is 11.8 Å². The molecule has 0 aliphatic carbocycles. The van der Waals surface area contributed by atoms with Crippen molar-refractivity contribution in [2.75, 3.05) is 19.7 Å². The molecule has 1 atom stereocenters. The minimum Gasteiger partial charge on any atom is -0.480 e. The smallest absolute Gasteiger partial charge is 0.417 e. The van der Waals surface area contributed by atoms with Crippen LogP contribution in [-0.2, 0) is 20.7 Å². The molecule has 2 aliphatic heterocycles. The van der Waals surface area contributed by atoms with Crippen LogP contribution < -0.4 is 10.1 Å². The zero-order chi connectivity index (χ0) is 15.5. The molecular formula is C15H16N2O5. The molecule has 7 nitrogen and oxygen atoms in total. The summed E-state index contributed by atoms with van der Waals surface area (Å²) in [5.41, 5.74) is 1.09. The predicted molar refractivity (Wildman–Crippen MR) is 75.2 cm³/mol. The molecule has 0 bridgehead atoms. The molecule has 0 radical (unpaired) electrons. The van der Waals surface area contributed by atoms with E-state index in [0.717, 1.165) is 22.6 Å². The first-order chi connectivity index (χ1) is 10.6. The third kappa shape index (κ3) is 2.88. The third-order valence-corrected chi connectivity index (χ3v) is 3.69. The standard InChI is InChI=1S/C15H16N2O5/c18-13-9-21-15(20)17(13)8-7-16-14(19)12-6-5-10-3-1-2-4-11(10)22-12/h1-4,12H,5-9H2,(H,16,19)/t12-/m1/s1. The SMILES string of the molecule is O=C(NCCN1C(=O)COC1=O)[C@H]1CCc2ccccc2O1. The highest BCUT2D eigenvalue weighted by Crippen LogP contribution is 2.26. The van der Waals surface area contributed by atoms with Crippen LogP contribution in [0.1, 0.15) is 12.0 Å². The van der Waals surface area contributed by atoms with Crippen molar-refractivity contribution < 1.29 is 23.9 Å². The number of fused-ring (bicyclic) bond motifs is 1. The van der Waals surface area contributed by atoms with Gasteiger partial charge in [0.2, 0.25) is 0 Å². The van der Waals surface area contributed by atoms with Crippen molar-refractivity contribution in [3.8, 4) is 5.75 Å². The normalized spacial score (nSPS) is 20.2. The highest BCUT2D eigenvalue weighted by molar-refractivity contribution is 5.97. The first-order valence-corrected chi connectivity index (χ1v) is 7.14. The summed E-state index contributed by atoms with van der Waals surface area (Å²) in [6.45, 7) is 0.0587. The van der Waals surface area contributed by atoms with Crippen molar-refractivity contribution in [1.82, 2.24) is 10.2 Å². The fourth-order valence-corrected chi connectivity index (χ4v) is 2.51. The summed E-state index contributed by atoms with van der Waals surface area (Å²) in [7, 11) is 0. The Morgan fingerprint density at radius 3 is 2.91 bits per heavy atom. The van der Waals surface area contributed by atoms with Gasteiger partial charge in [-0.3, -0.25) is 9.59 Å². The van der Waals surface area contributed by atoms with Crippen LogP contribution in [0.2, 0.25) is 0 Å². The van der Waals surface area contributed by atoms with Crippen molar-refractivity contribution in [2.45, 2.75) is 18.9 Å². The fraction of sp³-hybridized carbons (Fsp3) is 0.400. The second-order valence-corrected chi connectivity index (χ2v) is 5.14. The highest BCUT2D eigenvalue weighted by atomic mass is 16.6. The van der Waals surface area contributed by atoms with Crippen LogP contribution in [0.25, 0.3) is 0 Å². The molecule has 1 fully saturated rings. The number of nitrogens with one attached hydrogen (secondary N) is 1. The van der Waals surface area contributed by atoms with Crippen molar-refractivity contribution >= 4 is 17.9 Å². The summed E-state index contributed by atoms with van der Waals surface area (Å²) in [5, 5.41) is 2.69. The number of amides is 3. The molecule has 0 spiro atoms. The monoisotopic (exact) mass is 304 g/mol. The van der Waals surface area contributed by atoms with Crippen molar-refractivity contribution in [2.24, 2.45) is 0 Å². The van der Waals surface area contributed by atoms with Gasteiger partial charge in [-0.1, -0.05) is 18.2 Å². The molecule has 116 valence electrons. The summed E-state index contributed by atoms with van der Waals surface area (Å²) in [6, 6.07) is 7.63. The summed E-state index contributed by atoms with van der Waals surface area (Å²) in [5.74, 6) is 0.101. The van der Waals surface area contributed by atoms with E-state index in [1.165, 1.54) is 0 Å². The molecule has 0 saturated carbocycles. The lowest BCUT2D eigenvalue weighted by Crippen LogP contribution is -2.44. The molecule has 1 aromatic carbocycles. The first-order valence-electron chi connectivity index (χ1n) is 7.14. The van der Waals surface area contributed by atoms with Gasteiger partial charge < -0.3 is 14.8 Å². The van der Waals surface area contributed by atoms with Gasteiger partial charge in [-0.2, -0.15) is 0 Å². The lowest BCUT2D eigenvalue weighted by Gasteiger charge is -2.25. The van der Waals surface area contributed by atoms with Crippen LogP contribution in [0.4, 0.5) is 4.79 Å². The number of ether oxygens (including phenoxy) is 2. The number of carbonyl (C=O) groups is 3. The number of imide groups is 1. The summed E-state index contributed by atoms with van der Waals surface area (Å²) in [4.78, 5) is 35.7. The zero-order valence-corrected chi connectivity index (χ0v) is 11.9. The largest absolute Gasteiger partial charge is 0.480 e. The molecule has 1 aromatic rings. The molecule has 3 amide bonds. The van der Waals surface area contributed by atoms with Gasteiger partial charge in [0.15, 0.2) is 12.7 Å². The van der Waals surface area contributed by atoms with Gasteiger partial charge in [-0.15, -0.1) is 0 Å². The van der Waals surface area contributed by atoms with E-state index < -0.39 is 12.2 Å². The Morgan fingerprint density at radius 1 is 1.32 bits per heavy atom. The lowest BCUT2D eigenvalue weighted by molar-refractivity contribution is -0.129. The molecule has 3 rings (SSSR count). The number of cyclic esters (lactones) is 1. The number of benzene rings is 1. The van der Waals surface area contributed by atoms with E-state index in [4.69, 9.17) is 4.74 Å². The number of para-hydroxylation sites is 1. The zero-order valence-electron chi connectivity index (χ0n) is 11.9. The van der Waals surface area contributed by atoms with Crippen LogP contribution in [0.3, 0.4) is 0 Å². The van der Waals surface area contributed by atoms with E-state index in [1.54, 1.807) is 0 Å². The number of rotatable bonds is 4.